The molecule has 0 saturated carbocycles. The number of Topliss-reactive ketones (excluding diaryl/α,β-unsaturated/α-hetero) is 1. The molecule has 1 aliphatic heterocycles. The molecule has 1 N–H and O–H groups in total. The Labute approximate surface area is 110 Å². The molecular weight excluding hydrogens is 248 g/mol. The van der Waals surface area contributed by atoms with Crippen molar-refractivity contribution in [1.29, 1.82) is 0 Å². The lowest BCUT2D eigenvalue weighted by Crippen LogP contribution is -2.41. The van der Waals surface area contributed by atoms with E-state index in [-0.39, 0.29) is 30.4 Å². The van der Waals surface area contributed by atoms with E-state index in [2.05, 4.69) is 10.3 Å². The molecule has 100 valence electrons. The van der Waals surface area contributed by atoms with E-state index in [0.29, 0.717) is 17.9 Å². The number of hydrogen-bond donors (Lipinski definition) is 1. The highest BCUT2D eigenvalue weighted by atomic mass is 16.5. The van der Waals surface area contributed by atoms with Crippen LogP contribution in [0.5, 0.6) is 5.88 Å². The van der Waals surface area contributed by atoms with Gasteiger partial charge in [0.2, 0.25) is 17.7 Å². The first-order valence-corrected chi connectivity index (χ1v) is 5.97. The summed E-state index contributed by atoms with van der Waals surface area (Å²) in [6.07, 6.45) is 2.27. The van der Waals surface area contributed by atoms with Gasteiger partial charge in [-0.05, 0) is 12.5 Å². The average Bonchev–Trinajstić information content (AvgIpc) is 2.42. The number of pyridine rings is 1. The van der Waals surface area contributed by atoms with Crippen LogP contribution in [-0.2, 0) is 9.59 Å². The van der Waals surface area contributed by atoms with Crippen molar-refractivity contribution in [3.05, 3.63) is 23.9 Å². The number of hydrogen-bond acceptors (Lipinski definition) is 5. The van der Waals surface area contributed by atoms with E-state index in [4.69, 9.17) is 4.74 Å². The topological polar surface area (TPSA) is 85.4 Å². The second-order valence-electron chi connectivity index (χ2n) is 4.36. The number of ether oxygens (including phenoxy) is 1. The van der Waals surface area contributed by atoms with Crippen molar-refractivity contribution in [2.45, 2.75) is 19.3 Å². The van der Waals surface area contributed by atoms with Crippen molar-refractivity contribution in [1.82, 2.24) is 10.3 Å². The van der Waals surface area contributed by atoms with Crippen LogP contribution in [0.2, 0.25) is 0 Å². The van der Waals surface area contributed by atoms with Crippen LogP contribution in [0, 0.1) is 5.92 Å². The summed E-state index contributed by atoms with van der Waals surface area (Å²) < 4.78 is 4.94. The van der Waals surface area contributed by atoms with E-state index in [1.807, 2.05) is 0 Å². The van der Waals surface area contributed by atoms with Gasteiger partial charge in [-0.15, -0.1) is 0 Å². The molecule has 0 radical (unpaired) electrons. The van der Waals surface area contributed by atoms with Gasteiger partial charge in [0.1, 0.15) is 0 Å². The minimum absolute atomic E-state index is 0.0896. The molecule has 2 heterocycles. The number of amides is 2. The minimum Gasteiger partial charge on any atom is -0.481 e. The molecule has 0 aliphatic carbocycles. The van der Waals surface area contributed by atoms with Crippen LogP contribution >= 0.6 is 0 Å². The Bertz CT molecular complexity index is 527. The normalized spacial score (nSPS) is 18.9. The monoisotopic (exact) mass is 262 g/mol. The Morgan fingerprint density at radius 3 is 3.00 bits per heavy atom. The number of rotatable bonds is 4. The van der Waals surface area contributed by atoms with Gasteiger partial charge in [-0.1, -0.05) is 0 Å². The fourth-order valence-corrected chi connectivity index (χ4v) is 1.97. The van der Waals surface area contributed by atoms with Gasteiger partial charge in [-0.25, -0.2) is 4.98 Å². The summed E-state index contributed by atoms with van der Waals surface area (Å²) in [7, 11) is 1.47. The molecule has 0 bridgehead atoms. The molecule has 1 saturated heterocycles. The molecule has 1 fully saturated rings. The van der Waals surface area contributed by atoms with Gasteiger partial charge in [0, 0.05) is 36.6 Å². The molecule has 0 aromatic carbocycles. The second-order valence-corrected chi connectivity index (χ2v) is 4.36. The summed E-state index contributed by atoms with van der Waals surface area (Å²) in [6, 6.07) is 3.12. The van der Waals surface area contributed by atoms with Gasteiger partial charge < -0.3 is 4.74 Å². The predicted molar refractivity (Wildman–Crippen MR) is 65.6 cm³/mol. The predicted octanol–water partition coefficient (Wildman–Crippen LogP) is 0.716. The number of ketones is 1. The van der Waals surface area contributed by atoms with Gasteiger partial charge in [0.05, 0.1) is 7.11 Å². The number of carbonyl (C=O) groups is 3. The van der Waals surface area contributed by atoms with Crippen LogP contribution in [0.3, 0.4) is 0 Å². The van der Waals surface area contributed by atoms with Crippen molar-refractivity contribution in [2.75, 3.05) is 7.11 Å². The summed E-state index contributed by atoms with van der Waals surface area (Å²) in [5.41, 5.74) is 0.455. The van der Waals surface area contributed by atoms with E-state index in [0.717, 1.165) is 0 Å². The van der Waals surface area contributed by atoms with Crippen molar-refractivity contribution in [3.63, 3.8) is 0 Å². The number of piperidine rings is 1. The molecule has 0 spiro atoms. The fourth-order valence-electron chi connectivity index (χ4n) is 1.97. The first-order chi connectivity index (χ1) is 9.10. The van der Waals surface area contributed by atoms with E-state index >= 15 is 0 Å². The molecule has 6 nitrogen and oxygen atoms in total. The maximum atomic E-state index is 12.1. The maximum absolute atomic E-state index is 12.1. The summed E-state index contributed by atoms with van der Waals surface area (Å²) in [4.78, 5) is 38.6. The maximum Gasteiger partial charge on any atom is 0.230 e. The fraction of sp³-hybridized carbons (Fsp3) is 0.385. The Kier molecular flexibility index (Phi) is 3.89. The number of nitrogens with zero attached hydrogens (tertiary/aromatic N) is 1. The highest BCUT2D eigenvalue weighted by Crippen LogP contribution is 2.20. The van der Waals surface area contributed by atoms with Gasteiger partial charge in [0.15, 0.2) is 5.78 Å². The lowest BCUT2D eigenvalue weighted by molar-refractivity contribution is -0.136. The van der Waals surface area contributed by atoms with Gasteiger partial charge in [0.25, 0.3) is 0 Å². The highest BCUT2D eigenvalue weighted by Gasteiger charge is 2.28. The Morgan fingerprint density at radius 1 is 1.53 bits per heavy atom. The Morgan fingerprint density at radius 2 is 2.32 bits per heavy atom. The van der Waals surface area contributed by atoms with Crippen LogP contribution in [-0.4, -0.2) is 29.7 Å². The van der Waals surface area contributed by atoms with Gasteiger partial charge in [-0.2, -0.15) is 0 Å². The molecule has 1 unspecified atom stereocenters. The zero-order chi connectivity index (χ0) is 13.8. The van der Waals surface area contributed by atoms with Crippen LogP contribution in [0.1, 0.15) is 29.6 Å². The molecule has 6 heteroatoms. The van der Waals surface area contributed by atoms with Crippen molar-refractivity contribution in [2.24, 2.45) is 5.92 Å². The van der Waals surface area contributed by atoms with Crippen molar-refractivity contribution < 1.29 is 19.1 Å². The first-order valence-electron chi connectivity index (χ1n) is 5.97. The lowest BCUT2D eigenvalue weighted by Gasteiger charge is -2.19. The largest absolute Gasteiger partial charge is 0.481 e. The summed E-state index contributed by atoms with van der Waals surface area (Å²) in [5.74, 6) is -0.890. The zero-order valence-corrected chi connectivity index (χ0v) is 10.5. The molecular formula is C13H14N2O4. The standard InChI is InChI=1S/C13H14N2O4/c1-19-12-7-8(4-5-14-12)10(16)6-9-2-3-11(17)15-13(9)18/h4-5,7,9H,2-3,6H2,1H3,(H,15,17,18). The number of carbonyl (C=O) groups excluding carboxylic acids is 3. The zero-order valence-electron chi connectivity index (χ0n) is 10.5. The SMILES string of the molecule is COc1cc(C(=O)CC2CCC(=O)NC2=O)ccn1. The summed E-state index contributed by atoms with van der Waals surface area (Å²) in [5, 5.41) is 2.24. The number of methoxy groups -OCH3 is 1. The molecule has 19 heavy (non-hydrogen) atoms. The molecule has 1 aromatic heterocycles. The number of imide groups is 1. The van der Waals surface area contributed by atoms with Crippen LogP contribution in [0.15, 0.2) is 18.3 Å². The number of nitrogens with one attached hydrogen (secondary N) is 1. The van der Waals surface area contributed by atoms with Crippen molar-refractivity contribution >= 4 is 17.6 Å². The second kappa shape index (κ2) is 5.60. The summed E-state index contributed by atoms with van der Waals surface area (Å²) >= 11 is 0. The molecule has 1 aromatic rings. The Balaban J connectivity index is 2.04. The van der Waals surface area contributed by atoms with Crippen LogP contribution < -0.4 is 10.1 Å². The molecule has 2 amide bonds. The number of aromatic nitrogens is 1. The smallest absolute Gasteiger partial charge is 0.230 e. The highest BCUT2D eigenvalue weighted by molar-refractivity contribution is 6.03. The lowest BCUT2D eigenvalue weighted by atomic mass is 9.91. The molecule has 1 atom stereocenters. The molecule has 1 aliphatic rings. The first kappa shape index (κ1) is 13.2. The Hall–Kier alpha value is -2.24. The quantitative estimate of drug-likeness (QED) is 0.638. The van der Waals surface area contributed by atoms with Crippen LogP contribution in [0.25, 0.3) is 0 Å². The van der Waals surface area contributed by atoms with Gasteiger partial charge in [-0.3, -0.25) is 19.7 Å². The van der Waals surface area contributed by atoms with E-state index in [1.165, 1.54) is 19.4 Å². The third-order valence-electron chi connectivity index (χ3n) is 3.05. The minimum atomic E-state index is -0.440. The summed E-state index contributed by atoms with van der Waals surface area (Å²) in [6.45, 7) is 0. The van der Waals surface area contributed by atoms with Crippen LogP contribution in [0.4, 0.5) is 0 Å². The van der Waals surface area contributed by atoms with E-state index < -0.39 is 5.92 Å². The molecule has 2 rings (SSSR count). The van der Waals surface area contributed by atoms with E-state index in [1.54, 1.807) is 6.07 Å². The average molecular weight is 262 g/mol. The third-order valence-corrected chi connectivity index (χ3v) is 3.05. The van der Waals surface area contributed by atoms with Crippen molar-refractivity contribution in [3.8, 4) is 5.88 Å². The third kappa shape index (κ3) is 3.15. The van der Waals surface area contributed by atoms with Gasteiger partial charge >= 0.3 is 0 Å². The van der Waals surface area contributed by atoms with E-state index in [9.17, 15) is 14.4 Å².